The second kappa shape index (κ2) is 5.38. The van der Waals surface area contributed by atoms with Crippen molar-refractivity contribution in [3.63, 3.8) is 0 Å². The van der Waals surface area contributed by atoms with Crippen molar-refractivity contribution in [1.82, 2.24) is 15.3 Å². The van der Waals surface area contributed by atoms with Crippen LogP contribution in [-0.4, -0.2) is 16.5 Å². The van der Waals surface area contributed by atoms with E-state index < -0.39 is 0 Å². The molecule has 1 N–H and O–H groups in total. The van der Waals surface area contributed by atoms with Gasteiger partial charge in [0.2, 0.25) is 0 Å². The minimum absolute atomic E-state index is 0.142. The number of halogens is 1. The van der Waals surface area contributed by atoms with Gasteiger partial charge in [-0.05, 0) is 30.8 Å². The minimum Gasteiger partial charge on any atom is -0.459 e. The van der Waals surface area contributed by atoms with Gasteiger partial charge >= 0.3 is 0 Å². The van der Waals surface area contributed by atoms with Crippen LogP contribution in [0.4, 0.5) is 4.39 Å². The molecule has 0 radical (unpaired) electrons. The highest BCUT2D eigenvalue weighted by Gasteiger charge is 2.18. The summed E-state index contributed by atoms with van der Waals surface area (Å²) in [6.07, 6.45) is 4.97. The van der Waals surface area contributed by atoms with E-state index in [9.17, 15) is 4.39 Å². The van der Waals surface area contributed by atoms with Crippen LogP contribution in [0.1, 0.15) is 24.3 Å². The Morgan fingerprint density at radius 2 is 2.05 bits per heavy atom. The highest BCUT2D eigenvalue weighted by Crippen LogP contribution is 2.28. The van der Waals surface area contributed by atoms with E-state index in [4.69, 9.17) is 4.42 Å². The maximum Gasteiger partial charge on any atom is 0.134 e. The predicted octanol–water partition coefficient (Wildman–Crippen LogP) is 3.06. The van der Waals surface area contributed by atoms with Crippen LogP contribution in [0.3, 0.4) is 0 Å². The maximum atomic E-state index is 13.2. The van der Waals surface area contributed by atoms with Crippen molar-refractivity contribution in [2.45, 2.75) is 13.0 Å². The van der Waals surface area contributed by atoms with Gasteiger partial charge in [-0.3, -0.25) is 0 Å². The first kappa shape index (κ1) is 12.7. The Morgan fingerprint density at radius 1 is 1.25 bits per heavy atom. The number of hydrogen-bond acceptors (Lipinski definition) is 4. The Kier molecular flexibility index (Phi) is 3.43. The molecule has 0 saturated heterocycles. The molecule has 5 heteroatoms. The lowest BCUT2D eigenvalue weighted by Gasteiger charge is -2.14. The molecule has 0 fully saturated rings. The fraction of sp³-hybridized carbons (Fsp3) is 0.200. The van der Waals surface area contributed by atoms with Crippen molar-refractivity contribution in [2.24, 2.45) is 0 Å². The number of rotatable bonds is 4. The van der Waals surface area contributed by atoms with E-state index in [0.717, 1.165) is 23.3 Å². The standard InChI is InChI=1S/C15H14FN3O/c1-2-19-15(11-7-17-9-18-8-11)14-6-10-5-12(16)3-4-13(10)20-14/h3-9,15,19H,2H2,1H3. The quantitative estimate of drug-likeness (QED) is 0.792. The van der Waals surface area contributed by atoms with Crippen molar-refractivity contribution in [2.75, 3.05) is 6.54 Å². The molecule has 4 nitrogen and oxygen atoms in total. The van der Waals surface area contributed by atoms with Crippen LogP contribution in [0.2, 0.25) is 0 Å². The first-order valence-corrected chi connectivity index (χ1v) is 6.45. The summed E-state index contributed by atoms with van der Waals surface area (Å²) in [5.74, 6) is 0.454. The Balaban J connectivity index is 2.05. The molecular weight excluding hydrogens is 257 g/mol. The van der Waals surface area contributed by atoms with E-state index in [1.165, 1.54) is 18.5 Å². The highest BCUT2D eigenvalue weighted by molar-refractivity contribution is 5.78. The molecule has 1 atom stereocenters. The highest BCUT2D eigenvalue weighted by atomic mass is 19.1. The number of nitrogens with one attached hydrogen (secondary N) is 1. The van der Waals surface area contributed by atoms with Crippen LogP contribution in [-0.2, 0) is 0 Å². The zero-order valence-corrected chi connectivity index (χ0v) is 11.0. The molecule has 0 saturated carbocycles. The van der Waals surface area contributed by atoms with Crippen LogP contribution in [0.5, 0.6) is 0 Å². The summed E-state index contributed by atoms with van der Waals surface area (Å²) in [5, 5.41) is 4.07. The predicted molar refractivity (Wildman–Crippen MR) is 73.7 cm³/mol. The first-order chi connectivity index (χ1) is 9.78. The van der Waals surface area contributed by atoms with Crippen molar-refractivity contribution >= 4 is 11.0 Å². The molecule has 2 heterocycles. The zero-order chi connectivity index (χ0) is 13.9. The number of benzene rings is 1. The van der Waals surface area contributed by atoms with E-state index in [-0.39, 0.29) is 11.9 Å². The molecule has 0 bridgehead atoms. The molecule has 1 aromatic carbocycles. The van der Waals surface area contributed by atoms with Gasteiger partial charge in [0.1, 0.15) is 23.5 Å². The van der Waals surface area contributed by atoms with Gasteiger partial charge in [-0.1, -0.05) is 6.92 Å². The maximum absolute atomic E-state index is 13.2. The number of aromatic nitrogens is 2. The van der Waals surface area contributed by atoms with Gasteiger partial charge in [0, 0.05) is 23.3 Å². The minimum atomic E-state index is -0.270. The molecule has 0 aliphatic heterocycles. The fourth-order valence-electron chi connectivity index (χ4n) is 2.22. The lowest BCUT2D eigenvalue weighted by atomic mass is 10.1. The van der Waals surface area contributed by atoms with Crippen LogP contribution >= 0.6 is 0 Å². The second-order valence-electron chi connectivity index (χ2n) is 4.49. The molecule has 0 aliphatic carbocycles. The number of furan rings is 1. The summed E-state index contributed by atoms with van der Waals surface area (Å²) in [4.78, 5) is 8.06. The van der Waals surface area contributed by atoms with Gasteiger partial charge in [-0.15, -0.1) is 0 Å². The van der Waals surface area contributed by atoms with Gasteiger partial charge in [0.25, 0.3) is 0 Å². The van der Waals surface area contributed by atoms with Gasteiger partial charge in [-0.2, -0.15) is 0 Å². The zero-order valence-electron chi connectivity index (χ0n) is 11.0. The molecule has 3 rings (SSSR count). The van der Waals surface area contributed by atoms with Crippen molar-refractivity contribution < 1.29 is 8.81 Å². The van der Waals surface area contributed by atoms with Gasteiger partial charge in [-0.25, -0.2) is 14.4 Å². The number of nitrogens with zero attached hydrogens (tertiary/aromatic N) is 2. The second-order valence-corrected chi connectivity index (χ2v) is 4.49. The van der Waals surface area contributed by atoms with Crippen molar-refractivity contribution in [1.29, 1.82) is 0 Å². The summed E-state index contributed by atoms with van der Waals surface area (Å²) < 4.78 is 19.0. The molecule has 1 unspecified atom stereocenters. The van der Waals surface area contributed by atoms with E-state index in [1.54, 1.807) is 18.5 Å². The molecule has 0 aliphatic rings. The van der Waals surface area contributed by atoms with E-state index in [2.05, 4.69) is 15.3 Å². The third-order valence-electron chi connectivity index (χ3n) is 3.10. The Labute approximate surface area is 115 Å². The van der Waals surface area contributed by atoms with Gasteiger partial charge in [0.05, 0.1) is 6.04 Å². The van der Waals surface area contributed by atoms with Crippen LogP contribution in [0.25, 0.3) is 11.0 Å². The van der Waals surface area contributed by atoms with Gasteiger partial charge < -0.3 is 9.73 Å². The SMILES string of the molecule is CCNC(c1cncnc1)c1cc2cc(F)ccc2o1. The summed E-state index contributed by atoms with van der Waals surface area (Å²) in [7, 11) is 0. The average Bonchev–Trinajstić information content (AvgIpc) is 2.88. The normalized spacial score (nSPS) is 12.7. The molecular formula is C15H14FN3O. The lowest BCUT2D eigenvalue weighted by molar-refractivity contribution is 0.475. The lowest BCUT2D eigenvalue weighted by Crippen LogP contribution is -2.21. The average molecular weight is 271 g/mol. The van der Waals surface area contributed by atoms with Crippen LogP contribution in [0.15, 0.2) is 47.4 Å². The molecule has 2 aromatic heterocycles. The Morgan fingerprint density at radius 3 is 2.80 bits per heavy atom. The number of fused-ring (bicyclic) bond motifs is 1. The third-order valence-corrected chi connectivity index (χ3v) is 3.10. The smallest absolute Gasteiger partial charge is 0.134 e. The Hall–Kier alpha value is -2.27. The summed E-state index contributed by atoms with van der Waals surface area (Å²) in [6.45, 7) is 2.78. The summed E-state index contributed by atoms with van der Waals surface area (Å²) in [5.41, 5.74) is 1.58. The molecule has 0 amide bonds. The third kappa shape index (κ3) is 2.40. The summed E-state index contributed by atoms with van der Waals surface area (Å²) in [6, 6.07) is 6.20. The van der Waals surface area contributed by atoms with Crippen LogP contribution < -0.4 is 5.32 Å². The topological polar surface area (TPSA) is 51.0 Å². The monoisotopic (exact) mass is 271 g/mol. The van der Waals surface area contributed by atoms with E-state index >= 15 is 0 Å². The van der Waals surface area contributed by atoms with E-state index in [1.807, 2.05) is 13.0 Å². The van der Waals surface area contributed by atoms with Gasteiger partial charge in [0.15, 0.2) is 0 Å². The van der Waals surface area contributed by atoms with E-state index in [0.29, 0.717) is 5.58 Å². The molecule has 20 heavy (non-hydrogen) atoms. The van der Waals surface area contributed by atoms with Crippen molar-refractivity contribution in [3.8, 4) is 0 Å². The molecule has 0 spiro atoms. The number of hydrogen-bond donors (Lipinski definition) is 1. The fourth-order valence-corrected chi connectivity index (χ4v) is 2.22. The molecule has 3 aromatic rings. The van der Waals surface area contributed by atoms with Crippen LogP contribution in [0, 0.1) is 5.82 Å². The Bertz CT molecular complexity index is 711. The largest absolute Gasteiger partial charge is 0.459 e. The van der Waals surface area contributed by atoms with Crippen molar-refractivity contribution in [3.05, 3.63) is 60.1 Å². The molecule has 102 valence electrons. The first-order valence-electron chi connectivity index (χ1n) is 6.45. The summed E-state index contributed by atoms with van der Waals surface area (Å²) >= 11 is 0.